The highest BCUT2D eigenvalue weighted by atomic mass is 16.5. The first-order valence-electron chi connectivity index (χ1n) is 7.19. The van der Waals surface area contributed by atoms with E-state index < -0.39 is 0 Å². The van der Waals surface area contributed by atoms with Crippen molar-refractivity contribution in [2.24, 2.45) is 0 Å². The molecule has 0 bridgehead atoms. The maximum absolute atomic E-state index is 12.2. The molecule has 0 saturated carbocycles. The van der Waals surface area contributed by atoms with Gasteiger partial charge in [-0.2, -0.15) is 4.98 Å². The number of hydrogen-bond donors (Lipinski definition) is 1. The number of fused-ring (bicyclic) bond motifs is 1. The molecule has 8 nitrogen and oxygen atoms in total. The van der Waals surface area contributed by atoms with E-state index in [1.807, 2.05) is 17.5 Å². The van der Waals surface area contributed by atoms with E-state index in [0.29, 0.717) is 30.3 Å². The topological polar surface area (TPSA) is 94.5 Å². The van der Waals surface area contributed by atoms with Crippen LogP contribution in [0.5, 0.6) is 0 Å². The number of aromatic nitrogens is 4. The lowest BCUT2D eigenvalue weighted by molar-refractivity contribution is 0.0949. The van der Waals surface area contributed by atoms with Crippen LogP contribution in [0.25, 0.3) is 5.65 Å². The van der Waals surface area contributed by atoms with Crippen LogP contribution in [0, 0.1) is 6.92 Å². The molecule has 23 heavy (non-hydrogen) atoms. The lowest BCUT2D eigenvalue weighted by Gasteiger charge is -2.03. The number of hydrogen-bond acceptors (Lipinski definition) is 6. The molecule has 3 aromatic heterocycles. The molecule has 0 fully saturated rings. The summed E-state index contributed by atoms with van der Waals surface area (Å²) in [4.78, 5) is 20.7. The zero-order valence-electron chi connectivity index (χ0n) is 12.9. The van der Waals surface area contributed by atoms with Crippen LogP contribution < -0.4 is 5.32 Å². The third kappa shape index (κ3) is 3.54. The van der Waals surface area contributed by atoms with E-state index in [0.717, 1.165) is 11.3 Å². The highest BCUT2D eigenvalue weighted by Gasteiger charge is 2.10. The van der Waals surface area contributed by atoms with Crippen molar-refractivity contribution in [3.63, 3.8) is 0 Å². The predicted octanol–water partition coefficient (Wildman–Crippen LogP) is 1.14. The van der Waals surface area contributed by atoms with E-state index in [1.165, 1.54) is 0 Å². The first-order valence-corrected chi connectivity index (χ1v) is 7.19. The molecule has 3 rings (SSSR count). The third-order valence-corrected chi connectivity index (χ3v) is 3.27. The minimum absolute atomic E-state index is 0.205. The van der Waals surface area contributed by atoms with Crippen molar-refractivity contribution in [1.29, 1.82) is 0 Å². The van der Waals surface area contributed by atoms with Crippen molar-refractivity contribution in [3.8, 4) is 0 Å². The van der Waals surface area contributed by atoms with E-state index in [9.17, 15) is 4.79 Å². The third-order valence-electron chi connectivity index (χ3n) is 3.27. The second-order valence-electron chi connectivity index (χ2n) is 5.10. The first kappa shape index (κ1) is 15.2. The minimum atomic E-state index is -0.207. The van der Waals surface area contributed by atoms with Crippen LogP contribution in [0.4, 0.5) is 0 Å². The normalized spacial score (nSPS) is 11.0. The fourth-order valence-electron chi connectivity index (χ4n) is 2.17. The summed E-state index contributed by atoms with van der Waals surface area (Å²) in [5.74, 6) is 0.719. The van der Waals surface area contributed by atoms with E-state index >= 15 is 0 Å². The Labute approximate surface area is 132 Å². The van der Waals surface area contributed by atoms with Gasteiger partial charge in [-0.25, -0.2) is 4.98 Å². The number of pyridine rings is 1. The van der Waals surface area contributed by atoms with Crippen LogP contribution in [0.2, 0.25) is 0 Å². The average Bonchev–Trinajstić information content (AvgIpc) is 3.14. The van der Waals surface area contributed by atoms with Gasteiger partial charge in [0.15, 0.2) is 5.82 Å². The SMILES string of the molecule is COCCc1nc(CNC(=O)c2ccc3nc(C)cn3c2)no1. The largest absolute Gasteiger partial charge is 0.384 e. The summed E-state index contributed by atoms with van der Waals surface area (Å²) >= 11 is 0. The molecule has 3 heterocycles. The molecule has 0 aliphatic carbocycles. The van der Waals surface area contributed by atoms with Crippen molar-refractivity contribution < 1.29 is 14.1 Å². The average molecular weight is 315 g/mol. The number of rotatable bonds is 6. The molecule has 1 N–H and O–H groups in total. The lowest BCUT2D eigenvalue weighted by Crippen LogP contribution is -2.23. The number of carbonyl (C=O) groups is 1. The van der Waals surface area contributed by atoms with E-state index in [1.54, 1.807) is 25.4 Å². The summed E-state index contributed by atoms with van der Waals surface area (Å²) < 4.78 is 11.8. The van der Waals surface area contributed by atoms with Gasteiger partial charge < -0.3 is 19.0 Å². The molecule has 1 amide bonds. The molecule has 0 aromatic carbocycles. The Morgan fingerprint density at radius 3 is 3.04 bits per heavy atom. The highest BCUT2D eigenvalue weighted by Crippen LogP contribution is 2.07. The van der Waals surface area contributed by atoms with Crippen LogP contribution in [0.15, 0.2) is 29.0 Å². The van der Waals surface area contributed by atoms with Gasteiger partial charge in [-0.15, -0.1) is 0 Å². The fraction of sp³-hybridized carbons (Fsp3) is 0.333. The molecule has 0 aliphatic heterocycles. The second-order valence-corrected chi connectivity index (χ2v) is 5.10. The molecule has 8 heteroatoms. The molecule has 0 unspecified atom stereocenters. The second kappa shape index (κ2) is 6.57. The Morgan fingerprint density at radius 2 is 2.22 bits per heavy atom. The maximum atomic E-state index is 12.2. The van der Waals surface area contributed by atoms with Gasteiger partial charge in [0.25, 0.3) is 5.91 Å². The monoisotopic (exact) mass is 315 g/mol. The summed E-state index contributed by atoms with van der Waals surface area (Å²) in [6.45, 7) is 2.62. The summed E-state index contributed by atoms with van der Waals surface area (Å²) in [5.41, 5.74) is 2.25. The number of aryl methyl sites for hydroxylation is 1. The van der Waals surface area contributed by atoms with E-state index in [-0.39, 0.29) is 12.5 Å². The molecule has 0 spiro atoms. The Morgan fingerprint density at radius 1 is 1.35 bits per heavy atom. The molecular formula is C15H17N5O3. The quantitative estimate of drug-likeness (QED) is 0.733. The first-order chi connectivity index (χ1) is 11.2. The zero-order chi connectivity index (χ0) is 16.2. The molecular weight excluding hydrogens is 298 g/mol. The van der Waals surface area contributed by atoms with Gasteiger partial charge in [0.1, 0.15) is 5.65 Å². The van der Waals surface area contributed by atoms with Crippen molar-refractivity contribution in [2.75, 3.05) is 13.7 Å². The zero-order valence-corrected chi connectivity index (χ0v) is 12.9. The van der Waals surface area contributed by atoms with Gasteiger partial charge >= 0.3 is 0 Å². The number of ether oxygens (including phenoxy) is 1. The van der Waals surface area contributed by atoms with Crippen molar-refractivity contribution in [3.05, 3.63) is 47.5 Å². The van der Waals surface area contributed by atoms with Crippen molar-refractivity contribution in [1.82, 2.24) is 24.8 Å². The van der Waals surface area contributed by atoms with Crippen LogP contribution in [0.1, 0.15) is 27.8 Å². The predicted molar refractivity (Wildman–Crippen MR) is 81.0 cm³/mol. The highest BCUT2D eigenvalue weighted by molar-refractivity contribution is 5.94. The number of carbonyl (C=O) groups excluding carboxylic acids is 1. The standard InChI is InChI=1S/C15H17N5O3/c1-10-8-20-9-11(3-4-13(20)17-10)15(21)16-7-12-18-14(23-19-12)5-6-22-2/h3-4,8-9H,5-7H2,1-2H3,(H,16,21). The van der Waals surface area contributed by atoms with Gasteiger partial charge in [-0.05, 0) is 19.1 Å². The Balaban J connectivity index is 1.62. The number of methoxy groups -OCH3 is 1. The van der Waals surface area contributed by atoms with E-state index in [2.05, 4.69) is 20.4 Å². The summed E-state index contributed by atoms with van der Waals surface area (Å²) in [5, 5.41) is 6.58. The number of imidazole rings is 1. The van der Waals surface area contributed by atoms with Gasteiger partial charge in [-0.3, -0.25) is 4.79 Å². The van der Waals surface area contributed by atoms with Gasteiger partial charge in [0.05, 0.1) is 30.8 Å². The number of amides is 1. The molecule has 120 valence electrons. The number of nitrogens with one attached hydrogen (secondary N) is 1. The van der Waals surface area contributed by atoms with Crippen molar-refractivity contribution >= 4 is 11.6 Å². The van der Waals surface area contributed by atoms with Gasteiger partial charge in [-0.1, -0.05) is 5.16 Å². The van der Waals surface area contributed by atoms with Crippen LogP contribution in [-0.4, -0.2) is 39.1 Å². The minimum Gasteiger partial charge on any atom is -0.384 e. The van der Waals surface area contributed by atoms with Crippen LogP contribution in [-0.2, 0) is 17.7 Å². The molecule has 3 aromatic rings. The summed E-state index contributed by atoms with van der Waals surface area (Å²) in [6.07, 6.45) is 4.16. The fourth-order valence-corrected chi connectivity index (χ4v) is 2.17. The van der Waals surface area contributed by atoms with Crippen molar-refractivity contribution in [2.45, 2.75) is 19.9 Å². The summed E-state index contributed by atoms with van der Waals surface area (Å²) in [6, 6.07) is 3.54. The molecule has 0 radical (unpaired) electrons. The van der Waals surface area contributed by atoms with Crippen LogP contribution >= 0.6 is 0 Å². The Kier molecular flexibility index (Phi) is 4.33. The summed E-state index contributed by atoms with van der Waals surface area (Å²) in [7, 11) is 1.61. The van der Waals surface area contributed by atoms with Crippen LogP contribution in [0.3, 0.4) is 0 Å². The Hall–Kier alpha value is -2.74. The maximum Gasteiger partial charge on any atom is 0.253 e. The van der Waals surface area contributed by atoms with Gasteiger partial charge in [0.2, 0.25) is 5.89 Å². The van der Waals surface area contributed by atoms with E-state index in [4.69, 9.17) is 9.26 Å². The Bertz CT molecular complexity index is 823. The van der Waals surface area contributed by atoms with Gasteiger partial charge in [0, 0.05) is 19.5 Å². The lowest BCUT2D eigenvalue weighted by atomic mass is 10.2. The number of nitrogens with zero attached hydrogens (tertiary/aromatic N) is 4. The smallest absolute Gasteiger partial charge is 0.253 e. The molecule has 0 aliphatic rings. The molecule has 0 atom stereocenters. The molecule has 0 saturated heterocycles.